The van der Waals surface area contributed by atoms with Gasteiger partial charge in [0.1, 0.15) is 10.3 Å². The van der Waals surface area contributed by atoms with Crippen molar-refractivity contribution in [3.8, 4) is 22.6 Å². The first-order valence-corrected chi connectivity index (χ1v) is 7.94. The molecule has 3 heterocycles. The molecule has 0 fully saturated rings. The number of aromatic amines is 1. The summed E-state index contributed by atoms with van der Waals surface area (Å²) in [6.45, 7) is 0. The van der Waals surface area contributed by atoms with E-state index in [2.05, 4.69) is 4.98 Å². The molecular weight excluding hydrogens is 312 g/mol. The maximum Gasteiger partial charge on any atom is 0.273 e. The zero-order valence-electron chi connectivity index (χ0n) is 12.6. The van der Waals surface area contributed by atoms with E-state index in [1.165, 1.54) is 11.3 Å². The zero-order valence-corrected chi connectivity index (χ0v) is 13.4. The van der Waals surface area contributed by atoms with Crippen molar-refractivity contribution >= 4 is 27.2 Å². The molecule has 23 heavy (non-hydrogen) atoms. The largest absolute Gasteiger partial charge is 0.493 e. The average Bonchev–Trinajstić information content (AvgIpc) is 3.20. The second kappa shape index (κ2) is 5.17. The number of rotatable bonds is 3. The van der Waals surface area contributed by atoms with Gasteiger partial charge >= 0.3 is 0 Å². The number of hydrogen-bond donors (Lipinski definition) is 1. The lowest BCUT2D eigenvalue weighted by atomic mass is 10.1. The Hall–Kier alpha value is -2.73. The number of hydrogen-bond acceptors (Lipinski definition) is 4. The van der Waals surface area contributed by atoms with Crippen LogP contribution in [0.1, 0.15) is 0 Å². The van der Waals surface area contributed by atoms with E-state index in [0.29, 0.717) is 17.0 Å². The Kier molecular flexibility index (Phi) is 3.12. The van der Waals surface area contributed by atoms with Crippen molar-refractivity contribution in [2.45, 2.75) is 0 Å². The van der Waals surface area contributed by atoms with Crippen LogP contribution in [0.15, 0.2) is 46.7 Å². The summed E-state index contributed by atoms with van der Waals surface area (Å²) in [6, 6.07) is 9.51. The van der Waals surface area contributed by atoms with Crippen LogP contribution in [0.5, 0.6) is 11.5 Å². The van der Waals surface area contributed by atoms with Crippen LogP contribution < -0.4 is 15.0 Å². The van der Waals surface area contributed by atoms with Crippen molar-refractivity contribution < 1.29 is 9.47 Å². The predicted octanol–water partition coefficient (Wildman–Crippen LogP) is 3.53. The number of fused-ring (bicyclic) bond motifs is 3. The molecule has 1 aromatic carbocycles. The second-order valence-electron chi connectivity index (χ2n) is 5.11. The monoisotopic (exact) mass is 326 g/mol. The van der Waals surface area contributed by atoms with Crippen LogP contribution in [-0.4, -0.2) is 23.6 Å². The zero-order chi connectivity index (χ0) is 16.0. The van der Waals surface area contributed by atoms with Crippen molar-refractivity contribution in [1.82, 2.24) is 9.38 Å². The summed E-state index contributed by atoms with van der Waals surface area (Å²) in [5.74, 6) is 1.37. The van der Waals surface area contributed by atoms with Gasteiger partial charge in [-0.15, -0.1) is 11.3 Å². The maximum atomic E-state index is 12.1. The molecule has 5 nitrogen and oxygen atoms in total. The van der Waals surface area contributed by atoms with Gasteiger partial charge in [-0.25, -0.2) is 0 Å². The van der Waals surface area contributed by atoms with Crippen molar-refractivity contribution in [2.75, 3.05) is 14.2 Å². The third kappa shape index (κ3) is 2.03. The summed E-state index contributed by atoms with van der Waals surface area (Å²) in [5.41, 5.74) is 3.60. The number of H-pyrrole nitrogens is 1. The lowest BCUT2D eigenvalue weighted by Crippen LogP contribution is -2.08. The molecule has 4 aromatic rings. The third-order valence-corrected chi connectivity index (χ3v) is 4.79. The fourth-order valence-electron chi connectivity index (χ4n) is 2.82. The van der Waals surface area contributed by atoms with Gasteiger partial charge in [-0.1, -0.05) is 6.07 Å². The van der Waals surface area contributed by atoms with Crippen LogP contribution in [-0.2, 0) is 0 Å². The van der Waals surface area contributed by atoms with Crippen molar-refractivity contribution in [1.29, 1.82) is 0 Å². The molecule has 0 radical (unpaired) electrons. The Labute approximate surface area is 135 Å². The highest BCUT2D eigenvalue weighted by Crippen LogP contribution is 2.37. The SMILES string of the molecule is COc1ccc(-c2csc3[nH]c(=O)c4cccn4c23)cc1OC. The van der Waals surface area contributed by atoms with Crippen molar-refractivity contribution in [2.24, 2.45) is 0 Å². The molecule has 0 saturated heterocycles. The Morgan fingerprint density at radius 2 is 1.96 bits per heavy atom. The molecule has 0 saturated carbocycles. The van der Waals surface area contributed by atoms with Crippen LogP contribution in [0, 0.1) is 0 Å². The van der Waals surface area contributed by atoms with E-state index in [0.717, 1.165) is 21.5 Å². The number of nitrogens with one attached hydrogen (secondary N) is 1. The first-order valence-electron chi connectivity index (χ1n) is 7.06. The molecular formula is C17H14N2O3S. The van der Waals surface area contributed by atoms with Crippen LogP contribution in [0.2, 0.25) is 0 Å². The summed E-state index contributed by atoms with van der Waals surface area (Å²) in [6.07, 6.45) is 1.91. The molecule has 1 N–H and O–H groups in total. The van der Waals surface area contributed by atoms with Gasteiger partial charge < -0.3 is 18.9 Å². The summed E-state index contributed by atoms with van der Waals surface area (Å²) < 4.78 is 12.6. The fraction of sp³-hybridized carbons (Fsp3) is 0.118. The minimum Gasteiger partial charge on any atom is -0.493 e. The lowest BCUT2D eigenvalue weighted by molar-refractivity contribution is 0.355. The second-order valence-corrected chi connectivity index (χ2v) is 5.99. The average molecular weight is 326 g/mol. The van der Waals surface area contributed by atoms with E-state index < -0.39 is 0 Å². The topological polar surface area (TPSA) is 55.7 Å². The highest BCUT2D eigenvalue weighted by atomic mass is 32.1. The molecule has 6 heteroatoms. The molecule has 0 aliphatic carbocycles. The lowest BCUT2D eigenvalue weighted by Gasteiger charge is -2.09. The van der Waals surface area contributed by atoms with E-state index >= 15 is 0 Å². The molecule has 0 aliphatic heterocycles. The molecule has 116 valence electrons. The summed E-state index contributed by atoms with van der Waals surface area (Å²) in [4.78, 5) is 15.9. The van der Waals surface area contributed by atoms with E-state index in [-0.39, 0.29) is 5.56 Å². The molecule has 4 rings (SSSR count). The van der Waals surface area contributed by atoms with Crippen molar-refractivity contribution in [3.63, 3.8) is 0 Å². The van der Waals surface area contributed by atoms with Crippen LogP contribution in [0.25, 0.3) is 27.0 Å². The van der Waals surface area contributed by atoms with Gasteiger partial charge in [0.2, 0.25) is 0 Å². The molecule has 0 unspecified atom stereocenters. The summed E-state index contributed by atoms with van der Waals surface area (Å²) in [5, 5.41) is 2.04. The third-order valence-electron chi connectivity index (χ3n) is 3.91. The first kappa shape index (κ1) is 13.9. The number of aromatic nitrogens is 2. The van der Waals surface area contributed by atoms with E-state index in [9.17, 15) is 4.79 Å². The van der Waals surface area contributed by atoms with Gasteiger partial charge in [0.15, 0.2) is 11.5 Å². The standard InChI is InChI=1S/C17H14N2O3S/c1-21-13-6-5-10(8-14(13)22-2)11-9-23-17-15(11)19-7-3-4-12(19)16(20)18-17/h3-9H,1-2H3,(H,18,20). The Morgan fingerprint density at radius 1 is 1.13 bits per heavy atom. The molecule has 3 aromatic heterocycles. The Balaban J connectivity index is 2.03. The smallest absolute Gasteiger partial charge is 0.273 e. The van der Waals surface area contributed by atoms with Gasteiger partial charge in [0.25, 0.3) is 5.56 Å². The Bertz CT molecular complexity index is 1070. The van der Waals surface area contributed by atoms with Gasteiger partial charge in [0.05, 0.1) is 19.7 Å². The van der Waals surface area contributed by atoms with Gasteiger partial charge in [-0.2, -0.15) is 0 Å². The molecule has 0 bridgehead atoms. The number of benzene rings is 1. The maximum absolute atomic E-state index is 12.1. The number of ether oxygens (including phenoxy) is 2. The Morgan fingerprint density at radius 3 is 2.74 bits per heavy atom. The van der Waals surface area contributed by atoms with Gasteiger partial charge in [-0.3, -0.25) is 4.79 Å². The molecule has 0 amide bonds. The highest BCUT2D eigenvalue weighted by Gasteiger charge is 2.14. The van der Waals surface area contributed by atoms with E-state index in [1.54, 1.807) is 14.2 Å². The minimum absolute atomic E-state index is 0.0804. The summed E-state index contributed by atoms with van der Waals surface area (Å²) in [7, 11) is 3.24. The number of nitrogens with zero attached hydrogens (tertiary/aromatic N) is 1. The quantitative estimate of drug-likeness (QED) is 0.626. The van der Waals surface area contributed by atoms with Crippen LogP contribution in [0.4, 0.5) is 0 Å². The molecule has 0 spiro atoms. The normalized spacial score (nSPS) is 11.2. The summed E-state index contributed by atoms with van der Waals surface area (Å²) >= 11 is 1.52. The molecule has 0 aliphatic rings. The van der Waals surface area contributed by atoms with Gasteiger partial charge in [0, 0.05) is 17.1 Å². The predicted molar refractivity (Wildman–Crippen MR) is 91.9 cm³/mol. The number of methoxy groups -OCH3 is 2. The van der Waals surface area contributed by atoms with E-state index in [1.807, 2.05) is 46.3 Å². The van der Waals surface area contributed by atoms with E-state index in [4.69, 9.17) is 9.47 Å². The minimum atomic E-state index is -0.0804. The first-order chi connectivity index (χ1) is 11.2. The van der Waals surface area contributed by atoms with Crippen molar-refractivity contribution in [3.05, 3.63) is 52.3 Å². The van der Waals surface area contributed by atoms with Crippen LogP contribution >= 0.6 is 11.3 Å². The highest BCUT2D eigenvalue weighted by molar-refractivity contribution is 7.17. The molecule has 0 atom stereocenters. The van der Waals surface area contributed by atoms with Crippen LogP contribution in [0.3, 0.4) is 0 Å². The number of thiophene rings is 1. The van der Waals surface area contributed by atoms with Gasteiger partial charge in [-0.05, 0) is 29.8 Å². The fourth-order valence-corrected chi connectivity index (χ4v) is 3.77.